The van der Waals surface area contributed by atoms with Crippen LogP contribution < -0.4 is 4.90 Å². The third-order valence-corrected chi connectivity index (χ3v) is 4.57. The Labute approximate surface area is 171 Å². The third-order valence-electron chi connectivity index (χ3n) is 4.57. The number of urea groups is 1. The standard InChI is InChI=1S/C23H26N2O4/c1-23(2,3)29-21(27)15-19-14-20(26)25(18-12-8-5-9-13-18)22(28)24(19)16-17-10-6-4-7-11-17/h4-13,19H,14-16H2,1-3H3/t19-/m0/s1. The van der Waals surface area contributed by atoms with Gasteiger partial charge in [-0.25, -0.2) is 9.69 Å². The number of anilines is 1. The largest absolute Gasteiger partial charge is 0.460 e. The van der Waals surface area contributed by atoms with E-state index in [2.05, 4.69) is 0 Å². The van der Waals surface area contributed by atoms with E-state index in [0.717, 1.165) is 5.56 Å². The summed E-state index contributed by atoms with van der Waals surface area (Å²) >= 11 is 0. The lowest BCUT2D eigenvalue weighted by Gasteiger charge is -2.40. The third kappa shape index (κ3) is 5.22. The Morgan fingerprint density at radius 1 is 1.00 bits per heavy atom. The molecule has 0 radical (unpaired) electrons. The smallest absolute Gasteiger partial charge is 0.331 e. The van der Waals surface area contributed by atoms with Gasteiger partial charge in [-0.05, 0) is 38.5 Å². The summed E-state index contributed by atoms with van der Waals surface area (Å²) in [6.45, 7) is 5.69. The van der Waals surface area contributed by atoms with Crippen LogP contribution in [0.3, 0.4) is 0 Å². The summed E-state index contributed by atoms with van der Waals surface area (Å²) < 4.78 is 5.42. The van der Waals surface area contributed by atoms with Gasteiger partial charge in [0, 0.05) is 13.0 Å². The number of carbonyl (C=O) groups excluding carboxylic acids is 3. The van der Waals surface area contributed by atoms with Crippen molar-refractivity contribution in [2.75, 3.05) is 4.90 Å². The molecule has 152 valence electrons. The predicted octanol–water partition coefficient (Wildman–Crippen LogP) is 4.15. The highest BCUT2D eigenvalue weighted by Crippen LogP contribution is 2.28. The number of benzene rings is 2. The number of imide groups is 1. The van der Waals surface area contributed by atoms with Gasteiger partial charge in [-0.2, -0.15) is 0 Å². The van der Waals surface area contributed by atoms with Gasteiger partial charge in [-0.1, -0.05) is 48.5 Å². The summed E-state index contributed by atoms with van der Waals surface area (Å²) in [5.41, 5.74) is 0.828. The number of esters is 1. The van der Waals surface area contributed by atoms with Crippen molar-refractivity contribution < 1.29 is 19.1 Å². The average Bonchev–Trinajstić information content (AvgIpc) is 2.65. The maximum atomic E-state index is 13.3. The lowest BCUT2D eigenvalue weighted by molar-refractivity contribution is -0.156. The van der Waals surface area contributed by atoms with E-state index in [1.54, 1.807) is 49.9 Å². The van der Waals surface area contributed by atoms with Crippen LogP contribution in [0.4, 0.5) is 10.5 Å². The van der Waals surface area contributed by atoms with Crippen LogP contribution in [-0.4, -0.2) is 34.5 Å². The van der Waals surface area contributed by atoms with Crippen LogP contribution in [0.1, 0.15) is 39.2 Å². The highest BCUT2D eigenvalue weighted by atomic mass is 16.6. The van der Waals surface area contributed by atoms with E-state index in [-0.39, 0.29) is 18.7 Å². The zero-order valence-electron chi connectivity index (χ0n) is 17.0. The number of amides is 3. The molecule has 29 heavy (non-hydrogen) atoms. The Bertz CT molecular complexity index is 875. The van der Waals surface area contributed by atoms with Crippen molar-refractivity contribution in [1.82, 2.24) is 4.90 Å². The fourth-order valence-electron chi connectivity index (χ4n) is 3.36. The Kier molecular flexibility index (Phi) is 6.01. The van der Waals surface area contributed by atoms with Crippen molar-refractivity contribution >= 4 is 23.6 Å². The van der Waals surface area contributed by atoms with Crippen LogP contribution in [0.2, 0.25) is 0 Å². The molecule has 0 N–H and O–H groups in total. The molecule has 2 aromatic carbocycles. The van der Waals surface area contributed by atoms with E-state index < -0.39 is 23.6 Å². The molecule has 0 unspecified atom stereocenters. The minimum absolute atomic E-state index is 0.0236. The van der Waals surface area contributed by atoms with E-state index >= 15 is 0 Å². The Balaban J connectivity index is 1.87. The molecule has 1 aliphatic heterocycles. The molecule has 1 fully saturated rings. The lowest BCUT2D eigenvalue weighted by Crippen LogP contribution is -2.57. The summed E-state index contributed by atoms with van der Waals surface area (Å²) in [5.74, 6) is -0.742. The molecule has 0 spiro atoms. The first-order chi connectivity index (χ1) is 13.7. The SMILES string of the molecule is CC(C)(C)OC(=O)C[C@@H]1CC(=O)N(c2ccccc2)C(=O)N1Cc1ccccc1. The van der Waals surface area contributed by atoms with Crippen LogP contribution in [0.15, 0.2) is 60.7 Å². The molecule has 0 aliphatic carbocycles. The van der Waals surface area contributed by atoms with Crippen molar-refractivity contribution in [3.8, 4) is 0 Å². The Morgan fingerprint density at radius 2 is 1.59 bits per heavy atom. The van der Waals surface area contributed by atoms with E-state index in [1.165, 1.54) is 4.90 Å². The van der Waals surface area contributed by atoms with Gasteiger partial charge in [-0.3, -0.25) is 9.59 Å². The number of hydrogen-bond acceptors (Lipinski definition) is 4. The maximum absolute atomic E-state index is 13.3. The van der Waals surface area contributed by atoms with Crippen LogP contribution in [0.5, 0.6) is 0 Å². The molecule has 0 saturated carbocycles. The molecular formula is C23H26N2O4. The van der Waals surface area contributed by atoms with Gasteiger partial charge in [0.2, 0.25) is 5.91 Å². The molecule has 1 saturated heterocycles. The average molecular weight is 394 g/mol. The minimum Gasteiger partial charge on any atom is -0.460 e. The number of carbonyl (C=O) groups is 3. The second-order valence-electron chi connectivity index (χ2n) is 8.11. The van der Waals surface area contributed by atoms with E-state index in [9.17, 15) is 14.4 Å². The number of para-hydroxylation sites is 1. The first-order valence-electron chi connectivity index (χ1n) is 9.69. The number of ether oxygens (including phenoxy) is 1. The Hall–Kier alpha value is -3.15. The molecule has 1 aliphatic rings. The van der Waals surface area contributed by atoms with Crippen LogP contribution in [0, 0.1) is 0 Å². The van der Waals surface area contributed by atoms with Crippen LogP contribution in [-0.2, 0) is 20.9 Å². The monoisotopic (exact) mass is 394 g/mol. The van der Waals surface area contributed by atoms with Gasteiger partial charge in [0.05, 0.1) is 18.2 Å². The number of rotatable bonds is 5. The van der Waals surface area contributed by atoms with Gasteiger partial charge in [0.1, 0.15) is 5.60 Å². The van der Waals surface area contributed by atoms with Gasteiger partial charge in [0.15, 0.2) is 0 Å². The summed E-state index contributed by atoms with van der Waals surface area (Å²) in [5, 5.41) is 0. The van der Waals surface area contributed by atoms with E-state index in [4.69, 9.17) is 4.74 Å². The quantitative estimate of drug-likeness (QED) is 0.715. The second kappa shape index (κ2) is 8.47. The first kappa shape index (κ1) is 20.6. The predicted molar refractivity (Wildman–Crippen MR) is 110 cm³/mol. The van der Waals surface area contributed by atoms with E-state index in [1.807, 2.05) is 36.4 Å². The molecule has 2 aromatic rings. The second-order valence-corrected chi connectivity index (χ2v) is 8.11. The zero-order valence-corrected chi connectivity index (χ0v) is 17.0. The van der Waals surface area contributed by atoms with Gasteiger partial charge in [0.25, 0.3) is 0 Å². The fraction of sp³-hybridized carbons (Fsp3) is 0.348. The molecule has 3 rings (SSSR count). The number of hydrogen-bond donors (Lipinski definition) is 0. The van der Waals surface area contributed by atoms with Gasteiger partial charge < -0.3 is 9.64 Å². The van der Waals surface area contributed by atoms with Crippen molar-refractivity contribution in [1.29, 1.82) is 0 Å². The van der Waals surface area contributed by atoms with Crippen molar-refractivity contribution in [3.63, 3.8) is 0 Å². The molecule has 1 heterocycles. The van der Waals surface area contributed by atoms with Gasteiger partial charge in [-0.15, -0.1) is 0 Å². The summed E-state index contributed by atoms with van der Waals surface area (Å²) in [7, 11) is 0. The summed E-state index contributed by atoms with van der Waals surface area (Å²) in [6.07, 6.45) is 0.0386. The molecule has 0 aromatic heterocycles. The first-order valence-corrected chi connectivity index (χ1v) is 9.69. The molecule has 6 nitrogen and oxygen atoms in total. The summed E-state index contributed by atoms with van der Waals surface area (Å²) in [6, 6.07) is 17.4. The molecule has 3 amide bonds. The lowest BCUT2D eigenvalue weighted by atomic mass is 10.0. The normalized spacial score (nSPS) is 17.4. The molecular weight excluding hydrogens is 368 g/mol. The Morgan fingerprint density at radius 3 is 2.17 bits per heavy atom. The maximum Gasteiger partial charge on any atom is 0.331 e. The summed E-state index contributed by atoms with van der Waals surface area (Å²) in [4.78, 5) is 41.3. The van der Waals surface area contributed by atoms with Crippen LogP contribution >= 0.6 is 0 Å². The molecule has 6 heteroatoms. The zero-order chi connectivity index (χ0) is 21.0. The van der Waals surface area contributed by atoms with E-state index in [0.29, 0.717) is 12.2 Å². The highest BCUT2D eigenvalue weighted by molar-refractivity contribution is 6.16. The van der Waals surface area contributed by atoms with Crippen molar-refractivity contribution in [3.05, 3.63) is 66.2 Å². The topological polar surface area (TPSA) is 66.9 Å². The minimum atomic E-state index is -0.625. The highest BCUT2D eigenvalue weighted by Gasteiger charge is 2.41. The molecule has 1 atom stereocenters. The molecule has 0 bridgehead atoms. The number of nitrogens with zero attached hydrogens (tertiary/aromatic N) is 2. The fourth-order valence-corrected chi connectivity index (χ4v) is 3.36. The van der Waals surface area contributed by atoms with Crippen LogP contribution in [0.25, 0.3) is 0 Å². The van der Waals surface area contributed by atoms with Gasteiger partial charge >= 0.3 is 12.0 Å². The van der Waals surface area contributed by atoms with Crippen molar-refractivity contribution in [2.45, 2.75) is 51.8 Å². The van der Waals surface area contributed by atoms with Crippen molar-refractivity contribution in [2.24, 2.45) is 0 Å².